The van der Waals surface area contributed by atoms with E-state index in [2.05, 4.69) is 22.4 Å². The monoisotopic (exact) mass is 338 g/mol. The number of rotatable bonds is 3. The fourth-order valence-electron chi connectivity index (χ4n) is 2.26. The summed E-state index contributed by atoms with van der Waals surface area (Å²) in [6, 6.07) is 1.85. The van der Waals surface area contributed by atoms with Gasteiger partial charge in [-0.3, -0.25) is 5.32 Å². The maximum atomic E-state index is 12.4. The average molecular weight is 338 g/mol. The van der Waals surface area contributed by atoms with Crippen molar-refractivity contribution in [2.45, 2.75) is 25.9 Å². The lowest BCUT2D eigenvalue weighted by atomic mass is 10.0. The van der Waals surface area contributed by atoms with Crippen LogP contribution in [0, 0.1) is 0 Å². The van der Waals surface area contributed by atoms with Crippen LogP contribution in [0.4, 0.5) is 9.93 Å². The lowest BCUT2D eigenvalue weighted by Gasteiger charge is -2.39. The first-order valence-corrected chi connectivity index (χ1v) is 8.91. The number of ether oxygens (including phenoxy) is 1. The molecule has 2 amide bonds. The molecular formula is C14H18N4O2S2. The van der Waals surface area contributed by atoms with Gasteiger partial charge in [0.05, 0.1) is 18.8 Å². The molecular weight excluding hydrogens is 320 g/mol. The predicted octanol–water partition coefficient (Wildman–Crippen LogP) is 3.30. The van der Waals surface area contributed by atoms with Gasteiger partial charge in [-0.15, -0.1) is 10.2 Å². The smallest absolute Gasteiger partial charge is 0.323 e. The maximum Gasteiger partial charge on any atom is 0.323 e. The summed E-state index contributed by atoms with van der Waals surface area (Å²) in [5.41, 5.74) is 0.770. The lowest BCUT2D eigenvalue weighted by molar-refractivity contribution is -0.0860. The SMILES string of the molecule is CC[C@@]1(C)CN(C(=O)Nc2nnc(-c3ccsc3)s2)CCO1. The van der Waals surface area contributed by atoms with E-state index in [1.165, 1.54) is 11.3 Å². The van der Waals surface area contributed by atoms with Gasteiger partial charge in [-0.1, -0.05) is 18.3 Å². The first-order chi connectivity index (χ1) is 10.6. The van der Waals surface area contributed by atoms with Crippen molar-refractivity contribution in [3.05, 3.63) is 16.8 Å². The van der Waals surface area contributed by atoms with Crippen LogP contribution < -0.4 is 5.32 Å². The van der Waals surface area contributed by atoms with Crippen LogP contribution in [0.15, 0.2) is 16.8 Å². The van der Waals surface area contributed by atoms with E-state index < -0.39 is 0 Å². The summed E-state index contributed by atoms with van der Waals surface area (Å²) in [5.74, 6) is 0. The molecule has 1 aliphatic heterocycles. The largest absolute Gasteiger partial charge is 0.372 e. The molecule has 3 heterocycles. The van der Waals surface area contributed by atoms with Crippen molar-refractivity contribution in [2.24, 2.45) is 0 Å². The number of nitrogens with zero attached hydrogens (tertiary/aromatic N) is 3. The Morgan fingerprint density at radius 1 is 1.55 bits per heavy atom. The third-order valence-electron chi connectivity index (χ3n) is 3.78. The minimum absolute atomic E-state index is 0.143. The van der Waals surface area contributed by atoms with Crippen LogP contribution in [0.25, 0.3) is 10.6 Å². The molecule has 0 bridgehead atoms. The van der Waals surface area contributed by atoms with Crippen LogP contribution in [-0.4, -0.2) is 46.4 Å². The zero-order valence-corrected chi connectivity index (χ0v) is 14.2. The van der Waals surface area contributed by atoms with Crippen LogP contribution in [0.2, 0.25) is 0 Å². The molecule has 2 aromatic rings. The van der Waals surface area contributed by atoms with Gasteiger partial charge in [0.1, 0.15) is 5.01 Å². The van der Waals surface area contributed by atoms with Crippen LogP contribution >= 0.6 is 22.7 Å². The van der Waals surface area contributed by atoms with E-state index >= 15 is 0 Å². The molecule has 1 N–H and O–H groups in total. The Morgan fingerprint density at radius 2 is 2.41 bits per heavy atom. The number of aromatic nitrogens is 2. The third kappa shape index (κ3) is 3.29. The predicted molar refractivity (Wildman–Crippen MR) is 88.5 cm³/mol. The Morgan fingerprint density at radius 3 is 3.14 bits per heavy atom. The number of carbonyl (C=O) groups excluding carboxylic acids is 1. The Hall–Kier alpha value is -1.51. The zero-order valence-electron chi connectivity index (χ0n) is 12.5. The van der Waals surface area contributed by atoms with Gasteiger partial charge in [0, 0.05) is 17.5 Å². The first-order valence-electron chi connectivity index (χ1n) is 7.15. The topological polar surface area (TPSA) is 67.4 Å². The van der Waals surface area contributed by atoms with Crippen LogP contribution in [-0.2, 0) is 4.74 Å². The number of nitrogens with one attached hydrogen (secondary N) is 1. The number of amides is 2. The molecule has 1 fully saturated rings. The fraction of sp³-hybridized carbons (Fsp3) is 0.500. The molecule has 0 radical (unpaired) electrons. The molecule has 22 heavy (non-hydrogen) atoms. The van der Waals surface area contributed by atoms with Gasteiger partial charge in [-0.05, 0) is 24.8 Å². The maximum absolute atomic E-state index is 12.4. The highest BCUT2D eigenvalue weighted by molar-refractivity contribution is 7.19. The number of hydrogen-bond acceptors (Lipinski definition) is 6. The van der Waals surface area contributed by atoms with Crippen molar-refractivity contribution in [3.8, 4) is 10.6 Å². The molecule has 0 unspecified atom stereocenters. The molecule has 1 aliphatic rings. The molecule has 1 atom stereocenters. The Bertz CT molecular complexity index is 643. The van der Waals surface area contributed by atoms with Gasteiger partial charge in [0.15, 0.2) is 0 Å². The van der Waals surface area contributed by atoms with Crippen LogP contribution in [0.5, 0.6) is 0 Å². The molecule has 6 nitrogen and oxygen atoms in total. The van der Waals surface area contributed by atoms with Gasteiger partial charge in [0.2, 0.25) is 5.13 Å². The minimum atomic E-state index is -0.265. The minimum Gasteiger partial charge on any atom is -0.372 e. The van der Waals surface area contributed by atoms with Crippen molar-refractivity contribution < 1.29 is 9.53 Å². The summed E-state index contributed by atoms with van der Waals surface area (Å²) in [6.07, 6.45) is 0.873. The Kier molecular flexibility index (Phi) is 4.42. The summed E-state index contributed by atoms with van der Waals surface area (Å²) in [6.45, 7) is 5.85. The average Bonchev–Trinajstić information content (AvgIpc) is 3.18. The van der Waals surface area contributed by atoms with E-state index in [4.69, 9.17) is 4.74 Å². The summed E-state index contributed by atoms with van der Waals surface area (Å²) < 4.78 is 5.75. The molecule has 8 heteroatoms. The molecule has 1 saturated heterocycles. The summed E-state index contributed by atoms with van der Waals surface area (Å²) in [5, 5.41) is 16.4. The van der Waals surface area contributed by atoms with E-state index in [1.54, 1.807) is 16.2 Å². The molecule has 0 aromatic carbocycles. The van der Waals surface area contributed by atoms with E-state index in [9.17, 15) is 4.79 Å². The molecule has 0 spiro atoms. The second-order valence-electron chi connectivity index (χ2n) is 5.43. The number of urea groups is 1. The lowest BCUT2D eigenvalue weighted by Crippen LogP contribution is -2.53. The van der Waals surface area contributed by atoms with E-state index in [0.717, 1.165) is 17.0 Å². The summed E-state index contributed by atoms with van der Waals surface area (Å²) in [4.78, 5) is 14.1. The van der Waals surface area contributed by atoms with Gasteiger partial charge in [-0.25, -0.2) is 4.79 Å². The normalized spacial score (nSPS) is 21.8. The van der Waals surface area contributed by atoms with Gasteiger partial charge < -0.3 is 9.64 Å². The number of hydrogen-bond donors (Lipinski definition) is 1. The highest BCUT2D eigenvalue weighted by atomic mass is 32.1. The van der Waals surface area contributed by atoms with Crippen molar-refractivity contribution in [1.29, 1.82) is 0 Å². The van der Waals surface area contributed by atoms with Crippen LogP contribution in [0.1, 0.15) is 20.3 Å². The van der Waals surface area contributed by atoms with Crippen molar-refractivity contribution in [2.75, 3.05) is 25.0 Å². The second kappa shape index (κ2) is 6.31. The number of morpholine rings is 1. The highest BCUT2D eigenvalue weighted by Gasteiger charge is 2.32. The molecule has 2 aromatic heterocycles. The number of carbonyl (C=O) groups is 1. The van der Waals surface area contributed by atoms with Crippen molar-refractivity contribution in [3.63, 3.8) is 0 Å². The van der Waals surface area contributed by atoms with Gasteiger partial charge >= 0.3 is 6.03 Å². The second-order valence-corrected chi connectivity index (χ2v) is 7.19. The summed E-state index contributed by atoms with van der Waals surface area (Å²) in [7, 11) is 0. The van der Waals surface area contributed by atoms with Crippen LogP contribution in [0.3, 0.4) is 0 Å². The van der Waals surface area contributed by atoms with Crippen molar-refractivity contribution >= 4 is 33.8 Å². The third-order valence-corrected chi connectivity index (χ3v) is 5.35. The zero-order chi connectivity index (χ0) is 15.6. The van der Waals surface area contributed by atoms with Gasteiger partial charge in [-0.2, -0.15) is 11.3 Å². The standard InChI is InChI=1S/C14H18N4O2S2/c1-3-14(2)9-18(5-6-20-14)13(19)15-12-17-16-11(22-12)10-4-7-21-8-10/h4,7-8H,3,5-6,9H2,1-2H3,(H,15,17,19)/t14-/m0/s1. The Labute approximate surface area is 137 Å². The highest BCUT2D eigenvalue weighted by Crippen LogP contribution is 2.28. The van der Waals surface area contributed by atoms with Gasteiger partial charge in [0.25, 0.3) is 0 Å². The van der Waals surface area contributed by atoms with E-state index in [0.29, 0.717) is 24.8 Å². The molecule has 118 valence electrons. The molecule has 0 saturated carbocycles. The number of thiophene rings is 1. The molecule has 0 aliphatic carbocycles. The number of anilines is 1. The fourth-order valence-corrected chi connectivity index (χ4v) is 3.71. The quantitative estimate of drug-likeness (QED) is 0.932. The van der Waals surface area contributed by atoms with E-state index in [-0.39, 0.29) is 11.6 Å². The van der Waals surface area contributed by atoms with E-state index in [1.807, 2.05) is 23.8 Å². The van der Waals surface area contributed by atoms with Crippen molar-refractivity contribution in [1.82, 2.24) is 15.1 Å². The first kappa shape index (κ1) is 15.4. The molecule has 3 rings (SSSR count). The Balaban J connectivity index is 1.64. The summed E-state index contributed by atoms with van der Waals surface area (Å²) >= 11 is 3.00.